The molecular weight excluding hydrogens is 436 g/mol. The minimum Gasteiger partial charge on any atom is -0.481 e. The summed E-state index contributed by atoms with van der Waals surface area (Å²) >= 11 is 0. The lowest BCUT2D eigenvalue weighted by Crippen LogP contribution is -2.46. The monoisotopic (exact) mass is 464 g/mol. The lowest BCUT2D eigenvalue weighted by atomic mass is 9.72. The van der Waals surface area contributed by atoms with E-state index in [0.29, 0.717) is 25.7 Å². The quantitative estimate of drug-likeness (QED) is 0.193. The van der Waals surface area contributed by atoms with Crippen LogP contribution in [0, 0.1) is 17.8 Å². The Balaban J connectivity index is 2.47. The molecule has 0 heterocycles. The van der Waals surface area contributed by atoms with E-state index < -0.39 is 57.9 Å². The summed E-state index contributed by atoms with van der Waals surface area (Å²) in [5, 5.41) is 3.72. The number of halogens is 4. The average molecular weight is 464 g/mol. The Morgan fingerprint density at radius 3 is 2.27 bits per heavy atom. The SMILES string of the molecule is CCCCC1CC(C(=O)OCCCCC(F)(F)C(F)(F)S(=O)(=O)O)CCC1C(=O)O. The van der Waals surface area contributed by atoms with Gasteiger partial charge >= 0.3 is 33.2 Å². The van der Waals surface area contributed by atoms with Gasteiger partial charge in [-0.05, 0) is 44.4 Å². The van der Waals surface area contributed by atoms with Crippen molar-refractivity contribution in [3.8, 4) is 0 Å². The number of hydrogen-bond donors (Lipinski definition) is 2. The van der Waals surface area contributed by atoms with Crippen molar-refractivity contribution < 1.29 is 50.0 Å². The van der Waals surface area contributed by atoms with Crippen LogP contribution in [0.5, 0.6) is 0 Å². The maximum absolute atomic E-state index is 13.4. The third-order valence-corrected chi connectivity index (χ3v) is 6.39. The summed E-state index contributed by atoms with van der Waals surface area (Å²) in [6, 6.07) is 0. The van der Waals surface area contributed by atoms with Crippen LogP contribution in [0.4, 0.5) is 17.6 Å². The Morgan fingerprint density at radius 1 is 1.10 bits per heavy atom. The van der Waals surface area contributed by atoms with Crippen LogP contribution in [0.25, 0.3) is 0 Å². The number of carbonyl (C=O) groups excluding carboxylic acids is 1. The molecule has 0 aromatic heterocycles. The zero-order valence-electron chi connectivity index (χ0n) is 16.7. The first-order valence-corrected chi connectivity index (χ1v) is 11.3. The predicted molar refractivity (Wildman–Crippen MR) is 97.7 cm³/mol. The average Bonchev–Trinajstić information content (AvgIpc) is 2.64. The van der Waals surface area contributed by atoms with E-state index in [-0.39, 0.29) is 18.9 Å². The number of rotatable bonds is 12. The van der Waals surface area contributed by atoms with Gasteiger partial charge in [0.1, 0.15) is 0 Å². The highest BCUT2D eigenvalue weighted by Crippen LogP contribution is 2.41. The van der Waals surface area contributed by atoms with Gasteiger partial charge in [-0.1, -0.05) is 19.8 Å². The van der Waals surface area contributed by atoms with Gasteiger partial charge in [0.05, 0.1) is 18.4 Å². The molecule has 1 aliphatic rings. The molecular formula is C18H28F4O7S. The number of unbranched alkanes of at least 4 members (excludes halogenated alkanes) is 2. The number of carboxylic acids is 1. The first kappa shape index (κ1) is 26.6. The van der Waals surface area contributed by atoms with Crippen LogP contribution < -0.4 is 0 Å². The molecule has 1 fully saturated rings. The standard InChI is InChI=1S/C18H28F4O7S/c1-2-3-6-12-11-13(7-8-14(12)15(23)24)16(25)29-10-5-4-9-17(19,20)18(21,22)30(26,27)28/h12-14H,2-11H2,1H3,(H,23,24)(H,26,27,28). The fraction of sp³-hybridized carbons (Fsp3) is 0.889. The van der Waals surface area contributed by atoms with E-state index in [9.17, 15) is 40.7 Å². The highest BCUT2D eigenvalue weighted by Gasteiger charge is 2.64. The summed E-state index contributed by atoms with van der Waals surface area (Å²) in [6.45, 7) is 1.66. The Hall–Kier alpha value is -1.43. The molecule has 0 saturated heterocycles. The van der Waals surface area contributed by atoms with Crippen LogP contribution in [0.3, 0.4) is 0 Å². The zero-order valence-corrected chi connectivity index (χ0v) is 17.5. The van der Waals surface area contributed by atoms with E-state index >= 15 is 0 Å². The molecule has 3 atom stereocenters. The van der Waals surface area contributed by atoms with Gasteiger partial charge in [0.25, 0.3) is 0 Å². The predicted octanol–water partition coefficient (Wildman–Crippen LogP) is 4.12. The Labute approximate surface area is 172 Å². The summed E-state index contributed by atoms with van der Waals surface area (Å²) in [5.41, 5.74) is 0. The van der Waals surface area contributed by atoms with Crippen molar-refractivity contribution in [2.75, 3.05) is 6.61 Å². The van der Waals surface area contributed by atoms with Crippen molar-refractivity contribution in [2.45, 2.75) is 75.9 Å². The van der Waals surface area contributed by atoms with Gasteiger partial charge in [-0.3, -0.25) is 14.1 Å². The van der Waals surface area contributed by atoms with E-state index in [1.165, 1.54) is 0 Å². The second kappa shape index (κ2) is 10.7. The van der Waals surface area contributed by atoms with Gasteiger partial charge in [0.15, 0.2) is 0 Å². The van der Waals surface area contributed by atoms with Gasteiger partial charge in [0, 0.05) is 6.42 Å². The fourth-order valence-electron chi connectivity index (χ4n) is 3.66. The molecule has 0 aliphatic heterocycles. The highest BCUT2D eigenvalue weighted by atomic mass is 32.2. The number of hydrogen-bond acceptors (Lipinski definition) is 5. The highest BCUT2D eigenvalue weighted by molar-refractivity contribution is 7.87. The molecule has 0 aromatic rings. The van der Waals surface area contributed by atoms with Crippen LogP contribution in [-0.4, -0.2) is 47.8 Å². The Kier molecular flexibility index (Phi) is 9.52. The molecule has 1 aliphatic carbocycles. The summed E-state index contributed by atoms with van der Waals surface area (Å²) in [4.78, 5) is 23.6. The van der Waals surface area contributed by atoms with Crippen molar-refractivity contribution in [1.29, 1.82) is 0 Å². The van der Waals surface area contributed by atoms with Crippen molar-refractivity contribution >= 4 is 22.1 Å². The van der Waals surface area contributed by atoms with E-state index in [1.54, 1.807) is 0 Å². The normalized spacial score (nSPS) is 23.2. The van der Waals surface area contributed by atoms with Crippen LogP contribution in [0.1, 0.15) is 64.7 Å². The lowest BCUT2D eigenvalue weighted by molar-refractivity contribution is -0.165. The largest absolute Gasteiger partial charge is 0.481 e. The van der Waals surface area contributed by atoms with Crippen molar-refractivity contribution in [1.82, 2.24) is 0 Å². The third kappa shape index (κ3) is 6.79. The molecule has 3 unspecified atom stereocenters. The summed E-state index contributed by atoms with van der Waals surface area (Å²) in [6.07, 6.45) is 1.14. The van der Waals surface area contributed by atoms with Gasteiger partial charge < -0.3 is 9.84 Å². The molecule has 0 bridgehead atoms. The summed E-state index contributed by atoms with van der Waals surface area (Å²) < 4.78 is 87.1. The minimum atomic E-state index is -6.26. The zero-order chi connectivity index (χ0) is 23.2. The van der Waals surface area contributed by atoms with Crippen molar-refractivity contribution in [2.24, 2.45) is 17.8 Å². The molecule has 1 rings (SSSR count). The maximum Gasteiger partial charge on any atom is 0.431 e. The Morgan fingerprint density at radius 2 is 1.73 bits per heavy atom. The molecule has 30 heavy (non-hydrogen) atoms. The van der Waals surface area contributed by atoms with Crippen LogP contribution in [0.2, 0.25) is 0 Å². The molecule has 2 N–H and O–H groups in total. The fourth-order valence-corrected chi connectivity index (χ4v) is 4.14. The third-order valence-electron chi connectivity index (χ3n) is 5.44. The Bertz CT molecular complexity index is 697. The molecule has 0 aromatic carbocycles. The molecule has 7 nitrogen and oxygen atoms in total. The van der Waals surface area contributed by atoms with Gasteiger partial charge in [0.2, 0.25) is 0 Å². The van der Waals surface area contributed by atoms with Crippen LogP contribution in [-0.2, 0) is 24.4 Å². The number of esters is 1. The van der Waals surface area contributed by atoms with Crippen molar-refractivity contribution in [3.05, 3.63) is 0 Å². The van der Waals surface area contributed by atoms with Gasteiger partial charge in [-0.15, -0.1) is 0 Å². The van der Waals surface area contributed by atoms with E-state index in [4.69, 9.17) is 9.29 Å². The molecule has 12 heteroatoms. The number of carboxylic acid groups (broad SMARTS) is 1. The van der Waals surface area contributed by atoms with Crippen molar-refractivity contribution in [3.63, 3.8) is 0 Å². The molecule has 1 saturated carbocycles. The summed E-state index contributed by atoms with van der Waals surface area (Å²) in [7, 11) is -6.26. The smallest absolute Gasteiger partial charge is 0.431 e. The maximum atomic E-state index is 13.4. The van der Waals surface area contributed by atoms with E-state index in [0.717, 1.165) is 12.8 Å². The summed E-state index contributed by atoms with van der Waals surface area (Å²) in [5.74, 6) is -7.64. The molecule has 0 radical (unpaired) electrons. The first-order chi connectivity index (χ1) is 13.7. The van der Waals surface area contributed by atoms with E-state index in [2.05, 4.69) is 0 Å². The molecule has 0 amide bonds. The van der Waals surface area contributed by atoms with Crippen LogP contribution in [0.15, 0.2) is 0 Å². The van der Waals surface area contributed by atoms with Crippen LogP contribution >= 0.6 is 0 Å². The number of ether oxygens (including phenoxy) is 1. The minimum absolute atomic E-state index is 0.157. The lowest BCUT2D eigenvalue weighted by Gasteiger charge is -2.33. The number of aliphatic carboxylic acids is 1. The van der Waals surface area contributed by atoms with Gasteiger partial charge in [-0.25, -0.2) is 0 Å². The number of carbonyl (C=O) groups is 2. The molecule has 0 spiro atoms. The molecule has 176 valence electrons. The van der Waals surface area contributed by atoms with E-state index in [1.807, 2.05) is 6.92 Å². The topological polar surface area (TPSA) is 118 Å². The second-order valence-electron chi connectivity index (χ2n) is 7.68. The first-order valence-electron chi connectivity index (χ1n) is 9.86. The van der Waals surface area contributed by atoms with Gasteiger partial charge in [-0.2, -0.15) is 26.0 Å². The number of alkyl halides is 4. The second-order valence-corrected chi connectivity index (χ2v) is 9.14.